The molecule has 0 saturated heterocycles. The molecule has 3 aromatic rings. The van der Waals surface area contributed by atoms with Crippen LogP contribution in [-0.4, -0.2) is 16.1 Å². The number of nitrogens with one attached hydrogen (secondary N) is 2. The Balaban J connectivity index is 1.71. The smallest absolute Gasteiger partial charge is 0.276 e. The molecule has 0 atom stereocenters. The monoisotopic (exact) mass is 336 g/mol. The summed E-state index contributed by atoms with van der Waals surface area (Å²) in [7, 11) is 0. The third kappa shape index (κ3) is 4.17. The zero-order valence-electron chi connectivity index (χ0n) is 13.9. The maximum Gasteiger partial charge on any atom is 0.276 e. The molecule has 0 unspecified atom stereocenters. The van der Waals surface area contributed by atoms with Crippen molar-refractivity contribution in [2.45, 2.75) is 13.8 Å². The van der Waals surface area contributed by atoms with Gasteiger partial charge in [0.1, 0.15) is 5.82 Å². The molecule has 0 aliphatic rings. The van der Waals surface area contributed by atoms with Crippen molar-refractivity contribution < 1.29 is 9.18 Å². The van der Waals surface area contributed by atoms with Gasteiger partial charge in [-0.2, -0.15) is 0 Å². The highest BCUT2D eigenvalue weighted by molar-refractivity contribution is 6.02. The summed E-state index contributed by atoms with van der Waals surface area (Å²) in [6, 6.07) is 15.0. The van der Waals surface area contributed by atoms with Crippen molar-refractivity contribution in [3.63, 3.8) is 0 Å². The number of aromatic nitrogens is 2. The van der Waals surface area contributed by atoms with Gasteiger partial charge in [-0.3, -0.25) is 4.79 Å². The van der Waals surface area contributed by atoms with E-state index in [-0.39, 0.29) is 5.69 Å². The normalized spacial score (nSPS) is 10.4. The molecule has 0 aliphatic carbocycles. The van der Waals surface area contributed by atoms with Crippen LogP contribution in [0, 0.1) is 19.7 Å². The molecule has 6 heteroatoms. The Kier molecular flexibility index (Phi) is 4.70. The van der Waals surface area contributed by atoms with E-state index >= 15 is 0 Å². The first kappa shape index (κ1) is 16.6. The molecule has 0 radical (unpaired) electrons. The summed E-state index contributed by atoms with van der Waals surface area (Å²) >= 11 is 0. The summed E-state index contributed by atoms with van der Waals surface area (Å²) in [6.45, 7) is 4.01. The fourth-order valence-electron chi connectivity index (χ4n) is 2.29. The van der Waals surface area contributed by atoms with E-state index in [9.17, 15) is 9.18 Å². The highest BCUT2D eigenvalue weighted by Crippen LogP contribution is 2.20. The van der Waals surface area contributed by atoms with Crippen molar-refractivity contribution >= 4 is 23.1 Å². The first-order valence-electron chi connectivity index (χ1n) is 7.76. The van der Waals surface area contributed by atoms with Gasteiger partial charge in [-0.15, -0.1) is 10.2 Å². The average Bonchev–Trinajstić information content (AvgIpc) is 2.59. The van der Waals surface area contributed by atoms with Crippen LogP contribution in [0.25, 0.3) is 0 Å². The Morgan fingerprint density at radius 2 is 1.84 bits per heavy atom. The molecule has 2 N–H and O–H groups in total. The number of hydrogen-bond donors (Lipinski definition) is 2. The van der Waals surface area contributed by atoms with Crippen LogP contribution in [0.1, 0.15) is 21.6 Å². The van der Waals surface area contributed by atoms with E-state index in [1.165, 1.54) is 18.2 Å². The highest BCUT2D eigenvalue weighted by atomic mass is 19.1. The summed E-state index contributed by atoms with van der Waals surface area (Å²) in [5.41, 5.74) is 3.67. The van der Waals surface area contributed by atoms with Gasteiger partial charge < -0.3 is 10.6 Å². The number of halogens is 1. The van der Waals surface area contributed by atoms with Gasteiger partial charge in [0, 0.05) is 11.4 Å². The molecule has 1 aromatic heterocycles. The van der Waals surface area contributed by atoms with Gasteiger partial charge in [0.15, 0.2) is 11.5 Å². The minimum Gasteiger partial charge on any atom is -0.339 e. The van der Waals surface area contributed by atoms with Gasteiger partial charge in [-0.25, -0.2) is 4.39 Å². The molecule has 2 aromatic carbocycles. The Bertz CT molecular complexity index is 910. The van der Waals surface area contributed by atoms with Crippen LogP contribution >= 0.6 is 0 Å². The van der Waals surface area contributed by atoms with E-state index in [2.05, 4.69) is 20.8 Å². The number of rotatable bonds is 4. The average molecular weight is 336 g/mol. The third-order valence-corrected chi connectivity index (χ3v) is 3.64. The van der Waals surface area contributed by atoms with Crippen LogP contribution in [0.4, 0.5) is 21.6 Å². The Morgan fingerprint density at radius 1 is 1.00 bits per heavy atom. The van der Waals surface area contributed by atoms with Crippen molar-refractivity contribution in [3.05, 3.63) is 77.2 Å². The maximum absolute atomic E-state index is 13.2. The second kappa shape index (κ2) is 7.09. The second-order valence-corrected chi connectivity index (χ2v) is 5.71. The quantitative estimate of drug-likeness (QED) is 0.748. The van der Waals surface area contributed by atoms with Gasteiger partial charge in [0.05, 0.1) is 0 Å². The summed E-state index contributed by atoms with van der Waals surface area (Å²) in [4.78, 5) is 12.1. The van der Waals surface area contributed by atoms with Gasteiger partial charge in [-0.05, 0) is 61.4 Å². The minimum absolute atomic E-state index is 0.149. The lowest BCUT2D eigenvalue weighted by Gasteiger charge is -2.10. The molecule has 0 saturated carbocycles. The summed E-state index contributed by atoms with van der Waals surface area (Å²) in [6.07, 6.45) is 0. The van der Waals surface area contributed by atoms with Gasteiger partial charge in [-0.1, -0.05) is 18.2 Å². The maximum atomic E-state index is 13.2. The molecule has 1 heterocycles. The molecular formula is C19H17FN4O. The first-order valence-corrected chi connectivity index (χ1v) is 7.76. The number of aryl methyl sites for hydroxylation is 2. The molecule has 0 fully saturated rings. The van der Waals surface area contributed by atoms with Crippen LogP contribution in [-0.2, 0) is 0 Å². The number of anilines is 3. The topological polar surface area (TPSA) is 66.9 Å². The minimum atomic E-state index is -0.448. The molecule has 3 rings (SSSR count). The summed E-state index contributed by atoms with van der Waals surface area (Å²) < 4.78 is 13.2. The van der Waals surface area contributed by atoms with Crippen LogP contribution in [0.15, 0.2) is 54.6 Å². The Morgan fingerprint density at radius 3 is 2.56 bits per heavy atom. The Labute approximate surface area is 144 Å². The van der Waals surface area contributed by atoms with Gasteiger partial charge in [0.2, 0.25) is 0 Å². The lowest BCUT2D eigenvalue weighted by molar-refractivity contribution is 0.102. The van der Waals surface area contributed by atoms with Crippen LogP contribution in [0.3, 0.4) is 0 Å². The van der Waals surface area contributed by atoms with E-state index in [0.29, 0.717) is 11.5 Å². The molecule has 0 bridgehead atoms. The fourth-order valence-corrected chi connectivity index (χ4v) is 2.29. The SMILES string of the molecule is Cc1ccc(C)c(Nc2ccc(C(=O)Nc3cccc(F)c3)nn2)c1. The standard InChI is InChI=1S/C19H17FN4O/c1-12-6-7-13(2)17(10-12)22-18-9-8-16(23-24-18)19(25)21-15-5-3-4-14(20)11-15/h3-11H,1-2H3,(H,21,25)(H,22,24). The van der Waals surface area contributed by atoms with Crippen molar-refractivity contribution in [3.8, 4) is 0 Å². The number of nitrogens with zero attached hydrogens (tertiary/aromatic N) is 2. The van der Waals surface area contributed by atoms with Crippen LogP contribution in [0.2, 0.25) is 0 Å². The zero-order valence-corrected chi connectivity index (χ0v) is 13.9. The summed E-state index contributed by atoms with van der Waals surface area (Å²) in [5.74, 6) is -0.329. The molecule has 25 heavy (non-hydrogen) atoms. The highest BCUT2D eigenvalue weighted by Gasteiger charge is 2.09. The van der Waals surface area contributed by atoms with E-state index < -0.39 is 11.7 Å². The zero-order chi connectivity index (χ0) is 17.8. The van der Waals surface area contributed by atoms with Crippen LogP contribution in [0.5, 0.6) is 0 Å². The van der Waals surface area contributed by atoms with Crippen molar-refractivity contribution in [2.75, 3.05) is 10.6 Å². The fraction of sp³-hybridized carbons (Fsp3) is 0.105. The molecule has 126 valence electrons. The van der Waals surface area contributed by atoms with Crippen molar-refractivity contribution in [1.82, 2.24) is 10.2 Å². The molecule has 1 amide bonds. The lowest BCUT2D eigenvalue weighted by atomic mass is 10.1. The number of amides is 1. The van der Waals surface area contributed by atoms with Gasteiger partial charge >= 0.3 is 0 Å². The molecule has 0 aliphatic heterocycles. The largest absolute Gasteiger partial charge is 0.339 e. The lowest BCUT2D eigenvalue weighted by Crippen LogP contribution is -2.14. The number of carbonyl (C=O) groups is 1. The first-order chi connectivity index (χ1) is 12.0. The van der Waals surface area contributed by atoms with E-state index in [4.69, 9.17) is 0 Å². The summed E-state index contributed by atoms with van der Waals surface area (Å²) in [5, 5.41) is 13.7. The van der Waals surface area contributed by atoms with E-state index in [0.717, 1.165) is 16.8 Å². The predicted octanol–water partition coefficient (Wildman–Crippen LogP) is 4.23. The van der Waals surface area contributed by atoms with Crippen molar-refractivity contribution in [1.29, 1.82) is 0 Å². The van der Waals surface area contributed by atoms with Crippen LogP contribution < -0.4 is 10.6 Å². The second-order valence-electron chi connectivity index (χ2n) is 5.71. The number of hydrogen-bond acceptors (Lipinski definition) is 4. The third-order valence-electron chi connectivity index (χ3n) is 3.64. The number of carbonyl (C=O) groups excluding carboxylic acids is 1. The molecule has 0 spiro atoms. The molecule has 5 nitrogen and oxygen atoms in total. The van der Waals surface area contributed by atoms with Crippen molar-refractivity contribution in [2.24, 2.45) is 0 Å². The van der Waals surface area contributed by atoms with E-state index in [1.807, 2.05) is 32.0 Å². The number of benzene rings is 2. The Hall–Kier alpha value is -3.28. The van der Waals surface area contributed by atoms with E-state index in [1.54, 1.807) is 18.2 Å². The van der Waals surface area contributed by atoms with Gasteiger partial charge in [0.25, 0.3) is 5.91 Å². The molecular weight excluding hydrogens is 319 g/mol. The predicted molar refractivity (Wildman–Crippen MR) is 95.6 cm³/mol.